The van der Waals surface area contributed by atoms with Crippen LogP contribution in [0.3, 0.4) is 0 Å². The predicted molar refractivity (Wildman–Crippen MR) is 135 cm³/mol. The number of amides is 1. The number of para-hydroxylation sites is 1. The minimum atomic E-state index is -0.0568. The van der Waals surface area contributed by atoms with Gasteiger partial charge in [-0.2, -0.15) is 0 Å². The van der Waals surface area contributed by atoms with Crippen molar-refractivity contribution >= 4 is 17.4 Å². The highest BCUT2D eigenvalue weighted by Crippen LogP contribution is 2.31. The first-order chi connectivity index (χ1) is 17.2. The number of aromatic nitrogens is 2. The van der Waals surface area contributed by atoms with Gasteiger partial charge in [-0.1, -0.05) is 24.3 Å². The van der Waals surface area contributed by atoms with Crippen LogP contribution in [0.2, 0.25) is 0 Å². The van der Waals surface area contributed by atoms with Gasteiger partial charge >= 0.3 is 0 Å². The topological polar surface area (TPSA) is 71.0 Å². The Labute approximate surface area is 206 Å². The molecule has 1 amide bonds. The number of carbonyl (C=O) groups excluding carboxylic acids is 1. The molecule has 1 atom stereocenters. The maximum absolute atomic E-state index is 13.4. The van der Waals surface area contributed by atoms with E-state index in [1.165, 1.54) is 0 Å². The van der Waals surface area contributed by atoms with Crippen molar-refractivity contribution in [2.24, 2.45) is 5.92 Å². The van der Waals surface area contributed by atoms with E-state index in [1.807, 2.05) is 53.4 Å². The van der Waals surface area contributed by atoms with E-state index in [1.54, 1.807) is 19.5 Å². The van der Waals surface area contributed by atoms with Gasteiger partial charge in [0.05, 0.1) is 13.0 Å². The molecule has 0 saturated carbocycles. The Balaban J connectivity index is 1.22. The average molecular weight is 474 g/mol. The number of ether oxygens (including phenoxy) is 2. The fourth-order valence-corrected chi connectivity index (χ4v) is 4.83. The molecule has 2 saturated heterocycles. The minimum Gasteiger partial charge on any atom is -0.497 e. The van der Waals surface area contributed by atoms with Crippen LogP contribution in [0.1, 0.15) is 12.8 Å². The van der Waals surface area contributed by atoms with Crippen LogP contribution in [0.15, 0.2) is 67.0 Å². The summed E-state index contributed by atoms with van der Waals surface area (Å²) in [4.78, 5) is 28.9. The summed E-state index contributed by atoms with van der Waals surface area (Å²) in [5, 5.41) is 0. The van der Waals surface area contributed by atoms with Gasteiger partial charge < -0.3 is 24.2 Å². The zero-order chi connectivity index (χ0) is 24.0. The van der Waals surface area contributed by atoms with E-state index in [0.717, 1.165) is 57.0 Å². The Bertz CT molecular complexity index is 1130. The van der Waals surface area contributed by atoms with Gasteiger partial charge in [0.15, 0.2) is 5.82 Å². The van der Waals surface area contributed by atoms with Crippen molar-refractivity contribution in [2.45, 2.75) is 12.8 Å². The van der Waals surface area contributed by atoms with Crippen LogP contribution in [0, 0.1) is 5.92 Å². The van der Waals surface area contributed by atoms with Gasteiger partial charge in [0, 0.05) is 63.4 Å². The number of nitrogens with zero attached hydrogens (tertiary/aromatic N) is 5. The number of benzene rings is 2. The maximum atomic E-state index is 13.4. The summed E-state index contributed by atoms with van der Waals surface area (Å²) in [6.45, 7) is 4.53. The number of anilines is 2. The third kappa shape index (κ3) is 5.31. The third-order valence-corrected chi connectivity index (χ3v) is 6.68. The largest absolute Gasteiger partial charge is 0.497 e. The van der Waals surface area contributed by atoms with Gasteiger partial charge in [0.1, 0.15) is 11.5 Å². The molecule has 5 rings (SSSR count). The van der Waals surface area contributed by atoms with Gasteiger partial charge in [-0.15, -0.1) is 0 Å². The first-order valence-electron chi connectivity index (χ1n) is 12.2. The second-order valence-electron chi connectivity index (χ2n) is 8.90. The standard InChI is InChI=1S/C27H31N5O3/c1-34-24-11-5-8-22(19-24)30-15-17-31(18-16-30)27(33)21-7-6-14-32(20-21)25-26(29-13-12-28-25)35-23-9-3-2-4-10-23/h2-5,8-13,19,21H,6-7,14-18,20H2,1H3/t21-/m1/s1. The monoisotopic (exact) mass is 473 g/mol. The molecule has 2 aromatic carbocycles. The van der Waals surface area contributed by atoms with Crippen LogP contribution in [0.5, 0.6) is 17.4 Å². The highest BCUT2D eigenvalue weighted by atomic mass is 16.5. The van der Waals surface area contributed by atoms with Gasteiger partial charge in [-0.05, 0) is 37.1 Å². The lowest BCUT2D eigenvalue weighted by atomic mass is 9.96. The van der Waals surface area contributed by atoms with Crippen LogP contribution in [-0.2, 0) is 4.79 Å². The highest BCUT2D eigenvalue weighted by Gasteiger charge is 2.32. The second kappa shape index (κ2) is 10.6. The smallest absolute Gasteiger partial charge is 0.263 e. The molecular formula is C27H31N5O3. The number of hydrogen-bond acceptors (Lipinski definition) is 7. The Kier molecular flexibility index (Phi) is 6.97. The number of hydrogen-bond donors (Lipinski definition) is 0. The van der Waals surface area contributed by atoms with Crippen LogP contribution in [0.4, 0.5) is 11.5 Å². The lowest BCUT2D eigenvalue weighted by Gasteiger charge is -2.40. The molecule has 1 aromatic heterocycles. The zero-order valence-corrected chi connectivity index (χ0v) is 20.0. The summed E-state index contributed by atoms with van der Waals surface area (Å²) in [6, 6.07) is 17.7. The number of rotatable bonds is 6. The molecule has 182 valence electrons. The lowest BCUT2D eigenvalue weighted by Crippen LogP contribution is -2.52. The quantitative estimate of drug-likeness (QED) is 0.539. The zero-order valence-electron chi connectivity index (χ0n) is 20.0. The number of methoxy groups -OCH3 is 1. The van der Waals surface area contributed by atoms with Gasteiger partial charge in [-0.25, -0.2) is 9.97 Å². The van der Waals surface area contributed by atoms with E-state index >= 15 is 0 Å². The van der Waals surface area contributed by atoms with Gasteiger partial charge in [0.25, 0.3) is 5.88 Å². The number of piperidine rings is 1. The molecule has 2 aliphatic rings. The van der Waals surface area contributed by atoms with Crippen molar-refractivity contribution in [3.63, 3.8) is 0 Å². The van der Waals surface area contributed by atoms with Crippen molar-refractivity contribution in [3.05, 3.63) is 67.0 Å². The van der Waals surface area contributed by atoms with Crippen LogP contribution in [-0.4, -0.2) is 67.2 Å². The van der Waals surface area contributed by atoms with E-state index < -0.39 is 0 Å². The Morgan fingerprint density at radius 2 is 1.66 bits per heavy atom. The molecule has 2 aliphatic heterocycles. The first kappa shape index (κ1) is 23.0. The molecular weight excluding hydrogens is 442 g/mol. The third-order valence-electron chi connectivity index (χ3n) is 6.68. The van der Waals surface area contributed by atoms with Crippen molar-refractivity contribution in [2.75, 3.05) is 56.2 Å². The van der Waals surface area contributed by atoms with E-state index in [0.29, 0.717) is 24.0 Å². The normalized spacial score (nSPS) is 18.3. The Morgan fingerprint density at radius 3 is 2.46 bits per heavy atom. The van der Waals surface area contributed by atoms with Crippen LogP contribution < -0.4 is 19.3 Å². The van der Waals surface area contributed by atoms with Crippen LogP contribution in [0.25, 0.3) is 0 Å². The number of carbonyl (C=O) groups is 1. The molecule has 0 unspecified atom stereocenters. The van der Waals surface area contributed by atoms with E-state index in [9.17, 15) is 4.79 Å². The highest BCUT2D eigenvalue weighted by molar-refractivity contribution is 5.80. The summed E-state index contributed by atoms with van der Waals surface area (Å²) in [7, 11) is 1.68. The molecule has 8 heteroatoms. The minimum absolute atomic E-state index is 0.0568. The molecule has 0 spiro atoms. The van der Waals surface area contributed by atoms with E-state index in [2.05, 4.69) is 25.8 Å². The van der Waals surface area contributed by atoms with Crippen LogP contribution >= 0.6 is 0 Å². The average Bonchev–Trinajstić information content (AvgIpc) is 2.94. The van der Waals surface area contributed by atoms with E-state index in [-0.39, 0.29) is 11.8 Å². The van der Waals surface area contributed by atoms with Crippen molar-refractivity contribution in [3.8, 4) is 17.4 Å². The molecule has 2 fully saturated rings. The Morgan fingerprint density at radius 1 is 0.886 bits per heavy atom. The van der Waals surface area contributed by atoms with Gasteiger partial charge in [-0.3, -0.25) is 4.79 Å². The molecule has 0 radical (unpaired) electrons. The van der Waals surface area contributed by atoms with Crippen molar-refractivity contribution in [1.29, 1.82) is 0 Å². The second-order valence-corrected chi connectivity index (χ2v) is 8.90. The summed E-state index contributed by atoms with van der Waals surface area (Å²) in [5.41, 5.74) is 1.13. The summed E-state index contributed by atoms with van der Waals surface area (Å²) < 4.78 is 11.4. The molecule has 0 N–H and O–H groups in total. The SMILES string of the molecule is COc1cccc(N2CCN(C(=O)[C@@H]3CCCN(c4nccnc4Oc4ccccc4)C3)CC2)c1. The molecule has 3 aromatic rings. The fourth-order valence-electron chi connectivity index (χ4n) is 4.83. The molecule has 0 bridgehead atoms. The predicted octanol–water partition coefficient (Wildman–Crippen LogP) is 3.84. The Hall–Kier alpha value is -3.81. The summed E-state index contributed by atoms with van der Waals surface area (Å²) >= 11 is 0. The van der Waals surface area contributed by atoms with Gasteiger partial charge in [0.2, 0.25) is 5.91 Å². The lowest BCUT2D eigenvalue weighted by molar-refractivity contribution is -0.136. The first-order valence-corrected chi connectivity index (χ1v) is 12.2. The molecule has 8 nitrogen and oxygen atoms in total. The summed E-state index contributed by atoms with van der Waals surface area (Å²) in [5.74, 6) is 2.90. The van der Waals surface area contributed by atoms with Crippen molar-refractivity contribution in [1.82, 2.24) is 14.9 Å². The molecule has 3 heterocycles. The van der Waals surface area contributed by atoms with E-state index in [4.69, 9.17) is 9.47 Å². The number of piperazine rings is 1. The van der Waals surface area contributed by atoms with Crippen molar-refractivity contribution < 1.29 is 14.3 Å². The molecule has 0 aliphatic carbocycles. The summed E-state index contributed by atoms with van der Waals surface area (Å²) in [6.07, 6.45) is 5.13. The maximum Gasteiger partial charge on any atom is 0.263 e. The molecule has 35 heavy (non-hydrogen) atoms. The fraction of sp³-hybridized carbons (Fsp3) is 0.370.